The van der Waals surface area contributed by atoms with E-state index in [9.17, 15) is 9.59 Å². The van der Waals surface area contributed by atoms with E-state index in [2.05, 4.69) is 34.9 Å². The van der Waals surface area contributed by atoms with Crippen LogP contribution in [0.3, 0.4) is 0 Å². The van der Waals surface area contributed by atoms with Crippen molar-refractivity contribution in [2.75, 3.05) is 18.4 Å². The summed E-state index contributed by atoms with van der Waals surface area (Å²) in [5.41, 5.74) is 4.02. The molecule has 0 aromatic heterocycles. The zero-order valence-corrected chi connectivity index (χ0v) is 15.1. The van der Waals surface area contributed by atoms with Gasteiger partial charge in [0, 0.05) is 24.1 Å². The molecule has 0 unspecified atom stereocenters. The second-order valence-corrected chi connectivity index (χ2v) is 6.79. The lowest BCUT2D eigenvalue weighted by Gasteiger charge is -2.17. The lowest BCUT2D eigenvalue weighted by atomic mass is 9.97. The van der Waals surface area contributed by atoms with E-state index < -0.39 is 0 Å². The summed E-state index contributed by atoms with van der Waals surface area (Å²) in [4.78, 5) is 23.8. The monoisotopic (exact) mass is 350 g/mol. The molecule has 4 heteroatoms. The van der Waals surface area contributed by atoms with Gasteiger partial charge in [-0.2, -0.15) is 0 Å². The first-order valence-electron chi connectivity index (χ1n) is 9.43. The summed E-state index contributed by atoms with van der Waals surface area (Å²) in [6, 6.07) is 16.1. The molecule has 2 N–H and O–H groups in total. The second-order valence-electron chi connectivity index (χ2n) is 6.79. The zero-order chi connectivity index (χ0) is 18.2. The van der Waals surface area contributed by atoms with Crippen LogP contribution < -0.4 is 10.6 Å². The third-order valence-electron chi connectivity index (χ3n) is 4.76. The van der Waals surface area contributed by atoms with E-state index in [4.69, 9.17) is 0 Å². The van der Waals surface area contributed by atoms with Crippen molar-refractivity contribution in [1.82, 2.24) is 5.32 Å². The first-order chi connectivity index (χ1) is 12.7. The van der Waals surface area contributed by atoms with Gasteiger partial charge in [0.15, 0.2) is 5.78 Å². The van der Waals surface area contributed by atoms with Crippen molar-refractivity contribution >= 4 is 17.4 Å². The third kappa shape index (κ3) is 5.27. The third-order valence-corrected chi connectivity index (χ3v) is 4.76. The first kappa shape index (κ1) is 18.3. The number of ketones is 1. The molecule has 26 heavy (non-hydrogen) atoms. The van der Waals surface area contributed by atoms with E-state index in [1.807, 2.05) is 24.3 Å². The average molecular weight is 350 g/mol. The van der Waals surface area contributed by atoms with Crippen molar-refractivity contribution in [3.05, 3.63) is 65.2 Å². The van der Waals surface area contributed by atoms with Gasteiger partial charge in [-0.1, -0.05) is 30.3 Å². The van der Waals surface area contributed by atoms with E-state index >= 15 is 0 Å². The van der Waals surface area contributed by atoms with Gasteiger partial charge in [-0.3, -0.25) is 9.59 Å². The van der Waals surface area contributed by atoms with Crippen LogP contribution in [0.4, 0.5) is 5.69 Å². The van der Waals surface area contributed by atoms with Crippen LogP contribution in [0, 0.1) is 0 Å². The number of nitrogens with one attached hydrogen (secondary N) is 2. The number of carbonyl (C=O) groups is 2. The summed E-state index contributed by atoms with van der Waals surface area (Å²) >= 11 is 0. The fraction of sp³-hybridized carbons (Fsp3) is 0.364. The predicted molar refractivity (Wildman–Crippen MR) is 105 cm³/mol. The molecule has 1 aliphatic heterocycles. The van der Waals surface area contributed by atoms with Gasteiger partial charge in [0.1, 0.15) is 0 Å². The van der Waals surface area contributed by atoms with Crippen molar-refractivity contribution in [2.24, 2.45) is 0 Å². The number of rotatable bonds is 9. The van der Waals surface area contributed by atoms with Gasteiger partial charge in [0.25, 0.3) is 0 Å². The Bertz CT molecular complexity index is 756. The minimum atomic E-state index is 0.0522. The van der Waals surface area contributed by atoms with Gasteiger partial charge in [-0.15, -0.1) is 0 Å². The topological polar surface area (TPSA) is 58.2 Å². The fourth-order valence-electron chi connectivity index (χ4n) is 3.24. The average Bonchev–Trinajstić information content (AvgIpc) is 2.67. The maximum Gasteiger partial charge on any atom is 0.224 e. The highest BCUT2D eigenvalue weighted by molar-refractivity contribution is 5.98. The highest BCUT2D eigenvalue weighted by Gasteiger charge is 2.16. The number of anilines is 1. The standard InChI is InChI=1S/C22H26N2O2/c25-21(19-9-11-20-18(16-19)10-12-22(26)24-20)8-4-5-14-23-15-13-17-6-2-1-3-7-17/h1-3,6-7,9,11,16,23H,4-5,8,10,12-15H2,(H,24,26). The molecule has 4 nitrogen and oxygen atoms in total. The zero-order valence-electron chi connectivity index (χ0n) is 15.1. The molecular formula is C22H26N2O2. The SMILES string of the molecule is O=C1CCc2cc(C(=O)CCCCNCCc3ccccc3)ccc2N1. The van der Waals surface area contributed by atoms with Gasteiger partial charge >= 0.3 is 0 Å². The minimum absolute atomic E-state index is 0.0522. The molecule has 0 spiro atoms. The van der Waals surface area contributed by atoms with Gasteiger partial charge in [-0.05, 0) is 68.1 Å². The normalized spacial score (nSPS) is 13.2. The Kier molecular flexibility index (Phi) is 6.56. The maximum atomic E-state index is 12.4. The molecule has 1 heterocycles. The molecule has 1 aliphatic rings. The summed E-state index contributed by atoms with van der Waals surface area (Å²) in [7, 11) is 0. The van der Waals surface area contributed by atoms with E-state index in [-0.39, 0.29) is 11.7 Å². The highest BCUT2D eigenvalue weighted by Crippen LogP contribution is 2.24. The summed E-state index contributed by atoms with van der Waals surface area (Å²) in [6.45, 7) is 1.91. The molecule has 2 aromatic carbocycles. The Labute approximate surface area is 155 Å². The van der Waals surface area contributed by atoms with Crippen LogP contribution >= 0.6 is 0 Å². The molecule has 0 atom stereocenters. The van der Waals surface area contributed by atoms with Gasteiger partial charge < -0.3 is 10.6 Å². The molecule has 136 valence electrons. The van der Waals surface area contributed by atoms with Gasteiger partial charge in [0.2, 0.25) is 5.91 Å². The lowest BCUT2D eigenvalue weighted by Crippen LogP contribution is -2.19. The quantitative estimate of drug-likeness (QED) is 0.535. The number of Topliss-reactive ketones (excluding diaryl/α,β-unsaturated/α-hetero) is 1. The first-order valence-corrected chi connectivity index (χ1v) is 9.43. The lowest BCUT2D eigenvalue weighted by molar-refractivity contribution is -0.116. The number of carbonyl (C=O) groups excluding carboxylic acids is 2. The minimum Gasteiger partial charge on any atom is -0.326 e. The number of benzene rings is 2. The van der Waals surface area contributed by atoms with E-state index in [1.165, 1.54) is 5.56 Å². The van der Waals surface area contributed by atoms with Crippen molar-refractivity contribution in [1.29, 1.82) is 0 Å². The predicted octanol–water partition coefficient (Wildman–Crippen LogP) is 3.76. The Balaban J connectivity index is 1.33. The number of fused-ring (bicyclic) bond motifs is 1. The number of hydrogen-bond acceptors (Lipinski definition) is 3. The molecule has 0 radical (unpaired) electrons. The Morgan fingerprint density at radius 1 is 1.00 bits per heavy atom. The van der Waals surface area contributed by atoms with Crippen LogP contribution in [0.1, 0.15) is 47.2 Å². The molecule has 1 amide bonds. The van der Waals surface area contributed by atoms with Crippen molar-refractivity contribution in [2.45, 2.75) is 38.5 Å². The van der Waals surface area contributed by atoms with Crippen LogP contribution in [-0.2, 0) is 17.6 Å². The second kappa shape index (κ2) is 9.30. The maximum absolute atomic E-state index is 12.4. The van der Waals surface area contributed by atoms with Crippen LogP contribution in [0.2, 0.25) is 0 Å². The van der Waals surface area contributed by atoms with E-state index in [0.29, 0.717) is 19.3 Å². The smallest absolute Gasteiger partial charge is 0.224 e. The van der Waals surface area contributed by atoms with Crippen LogP contribution in [0.15, 0.2) is 48.5 Å². The number of hydrogen-bond donors (Lipinski definition) is 2. The highest BCUT2D eigenvalue weighted by atomic mass is 16.1. The Hall–Kier alpha value is -2.46. The van der Waals surface area contributed by atoms with Gasteiger partial charge in [-0.25, -0.2) is 0 Å². The summed E-state index contributed by atoms with van der Waals surface area (Å²) in [5.74, 6) is 0.241. The molecule has 3 rings (SSSR count). The van der Waals surface area contributed by atoms with Crippen LogP contribution in [-0.4, -0.2) is 24.8 Å². The molecular weight excluding hydrogens is 324 g/mol. The van der Waals surface area contributed by atoms with Gasteiger partial charge in [0.05, 0.1) is 0 Å². The molecule has 0 aliphatic carbocycles. The number of amides is 1. The van der Waals surface area contributed by atoms with E-state index in [1.54, 1.807) is 0 Å². The molecule has 2 aromatic rings. The van der Waals surface area contributed by atoms with Crippen molar-refractivity contribution in [3.8, 4) is 0 Å². The molecule has 0 fully saturated rings. The van der Waals surface area contributed by atoms with Crippen molar-refractivity contribution in [3.63, 3.8) is 0 Å². The molecule has 0 saturated heterocycles. The van der Waals surface area contributed by atoms with Crippen molar-refractivity contribution < 1.29 is 9.59 Å². The summed E-state index contributed by atoms with van der Waals surface area (Å²) in [6.07, 6.45) is 4.72. The molecule has 0 bridgehead atoms. The fourth-order valence-corrected chi connectivity index (χ4v) is 3.24. The number of unbranched alkanes of at least 4 members (excludes halogenated alkanes) is 1. The Morgan fingerprint density at radius 2 is 1.85 bits per heavy atom. The van der Waals surface area contributed by atoms with E-state index in [0.717, 1.165) is 49.2 Å². The van der Waals surface area contributed by atoms with Crippen LogP contribution in [0.5, 0.6) is 0 Å². The van der Waals surface area contributed by atoms with Crippen LogP contribution in [0.25, 0.3) is 0 Å². The summed E-state index contributed by atoms with van der Waals surface area (Å²) < 4.78 is 0. The Morgan fingerprint density at radius 3 is 2.69 bits per heavy atom. The largest absolute Gasteiger partial charge is 0.326 e. The number of aryl methyl sites for hydroxylation is 1. The summed E-state index contributed by atoms with van der Waals surface area (Å²) in [5, 5.41) is 6.29. The molecule has 0 saturated carbocycles.